The summed E-state index contributed by atoms with van der Waals surface area (Å²) in [5.74, 6) is -0.502. The van der Waals surface area contributed by atoms with Crippen LogP contribution in [0.5, 0.6) is 5.75 Å². The fraction of sp³-hybridized carbons (Fsp3) is 0.133. The molecule has 2 aromatic carbocycles. The summed E-state index contributed by atoms with van der Waals surface area (Å²) in [6.07, 6.45) is 0. The Balaban J connectivity index is 2.15. The third-order valence-electron chi connectivity index (χ3n) is 2.97. The maximum absolute atomic E-state index is 13.1. The highest BCUT2D eigenvalue weighted by Gasteiger charge is 2.08. The fourth-order valence-corrected chi connectivity index (χ4v) is 2.09. The van der Waals surface area contributed by atoms with E-state index in [1.54, 1.807) is 18.2 Å². The average molecular weight is 309 g/mol. The van der Waals surface area contributed by atoms with Crippen LogP contribution < -0.4 is 15.8 Å². The molecule has 1 amide bonds. The normalized spacial score (nSPS) is 10.2. The topological polar surface area (TPSA) is 64.3 Å². The van der Waals surface area contributed by atoms with Gasteiger partial charge in [-0.05, 0) is 29.8 Å². The van der Waals surface area contributed by atoms with Crippen LogP contribution in [0, 0.1) is 5.82 Å². The highest BCUT2D eigenvalue weighted by atomic mass is 35.5. The van der Waals surface area contributed by atoms with E-state index in [9.17, 15) is 9.18 Å². The summed E-state index contributed by atoms with van der Waals surface area (Å²) in [6.45, 7) is 0.403. The first-order valence-corrected chi connectivity index (χ1v) is 6.54. The summed E-state index contributed by atoms with van der Waals surface area (Å²) in [6, 6.07) is 9.05. The monoisotopic (exact) mass is 308 g/mol. The number of anilines is 1. The second-order valence-electron chi connectivity index (χ2n) is 4.37. The maximum atomic E-state index is 13.1. The number of hydrogen-bond acceptors (Lipinski definition) is 3. The minimum absolute atomic E-state index is 0.350. The van der Waals surface area contributed by atoms with Crippen LogP contribution in [0.15, 0.2) is 36.4 Å². The van der Waals surface area contributed by atoms with Crippen molar-refractivity contribution in [2.45, 2.75) is 6.54 Å². The molecule has 6 heteroatoms. The van der Waals surface area contributed by atoms with Gasteiger partial charge in [0.2, 0.25) is 5.91 Å². The Morgan fingerprint density at radius 2 is 2.10 bits per heavy atom. The summed E-state index contributed by atoms with van der Waals surface area (Å²) in [5, 5.41) is 3.54. The van der Waals surface area contributed by atoms with Gasteiger partial charge < -0.3 is 15.8 Å². The number of nitrogens with one attached hydrogen (secondary N) is 1. The second-order valence-corrected chi connectivity index (χ2v) is 4.78. The van der Waals surface area contributed by atoms with E-state index in [0.29, 0.717) is 28.6 Å². The Bertz CT molecular complexity index is 677. The van der Waals surface area contributed by atoms with Gasteiger partial charge >= 0.3 is 0 Å². The van der Waals surface area contributed by atoms with Crippen LogP contribution in [0.2, 0.25) is 5.02 Å². The van der Waals surface area contributed by atoms with Crippen molar-refractivity contribution in [3.05, 3.63) is 58.4 Å². The number of halogens is 2. The molecule has 0 unspecified atom stereocenters. The maximum Gasteiger partial charge on any atom is 0.248 e. The Kier molecular flexibility index (Phi) is 4.65. The van der Waals surface area contributed by atoms with E-state index >= 15 is 0 Å². The molecule has 0 saturated heterocycles. The predicted molar refractivity (Wildman–Crippen MR) is 80.2 cm³/mol. The average Bonchev–Trinajstić information content (AvgIpc) is 2.46. The van der Waals surface area contributed by atoms with Gasteiger partial charge in [0, 0.05) is 23.2 Å². The number of nitrogens with two attached hydrogens (primary N) is 1. The molecule has 3 N–H and O–H groups in total. The molecule has 2 aromatic rings. The summed E-state index contributed by atoms with van der Waals surface area (Å²) >= 11 is 6.10. The largest absolute Gasteiger partial charge is 0.494 e. The lowest BCUT2D eigenvalue weighted by atomic mass is 10.1. The molecular formula is C15H14ClFN2O2. The van der Waals surface area contributed by atoms with Gasteiger partial charge in [0.05, 0.1) is 12.8 Å². The second kappa shape index (κ2) is 6.45. The van der Waals surface area contributed by atoms with Gasteiger partial charge in [-0.25, -0.2) is 4.39 Å². The quantitative estimate of drug-likeness (QED) is 0.891. The van der Waals surface area contributed by atoms with Crippen molar-refractivity contribution < 1.29 is 13.9 Å². The standard InChI is InChI=1S/C15H14ClFN2O2/c1-21-14-7-11(17)4-5-13(14)19-8-10-3-2-9(15(18)20)6-12(10)16/h2-7,19H,8H2,1H3,(H2,18,20). The molecular weight excluding hydrogens is 295 g/mol. The molecule has 4 nitrogen and oxygen atoms in total. The highest BCUT2D eigenvalue weighted by Crippen LogP contribution is 2.26. The number of ether oxygens (including phenoxy) is 1. The molecule has 2 rings (SSSR count). The van der Waals surface area contributed by atoms with Gasteiger partial charge in [-0.3, -0.25) is 4.79 Å². The lowest BCUT2D eigenvalue weighted by Crippen LogP contribution is -2.11. The molecule has 0 radical (unpaired) electrons. The number of hydrogen-bond donors (Lipinski definition) is 2. The molecule has 0 aliphatic carbocycles. The number of methoxy groups -OCH3 is 1. The molecule has 0 aliphatic rings. The Hall–Kier alpha value is -2.27. The molecule has 110 valence electrons. The molecule has 0 spiro atoms. The van der Waals surface area contributed by atoms with Crippen molar-refractivity contribution in [3.63, 3.8) is 0 Å². The fourth-order valence-electron chi connectivity index (χ4n) is 1.85. The van der Waals surface area contributed by atoms with Gasteiger partial charge in [0.25, 0.3) is 0 Å². The number of amides is 1. The molecule has 0 saturated carbocycles. The van der Waals surface area contributed by atoms with Crippen LogP contribution in [0.3, 0.4) is 0 Å². The first-order chi connectivity index (χ1) is 10.0. The highest BCUT2D eigenvalue weighted by molar-refractivity contribution is 6.31. The molecule has 0 atom stereocenters. The van der Waals surface area contributed by atoms with Crippen LogP contribution >= 0.6 is 11.6 Å². The molecule has 0 bridgehead atoms. The zero-order valence-electron chi connectivity index (χ0n) is 11.3. The number of carbonyl (C=O) groups excluding carboxylic acids is 1. The van der Waals surface area contributed by atoms with Crippen molar-refractivity contribution >= 4 is 23.2 Å². The van der Waals surface area contributed by atoms with E-state index in [1.165, 1.54) is 25.3 Å². The molecule has 0 heterocycles. The van der Waals surface area contributed by atoms with Gasteiger partial charge in [0.1, 0.15) is 11.6 Å². The van der Waals surface area contributed by atoms with E-state index in [-0.39, 0.29) is 5.82 Å². The van der Waals surface area contributed by atoms with E-state index in [0.717, 1.165) is 5.56 Å². The van der Waals surface area contributed by atoms with Crippen molar-refractivity contribution in [2.75, 3.05) is 12.4 Å². The van der Waals surface area contributed by atoms with Crippen molar-refractivity contribution in [2.24, 2.45) is 5.73 Å². The Morgan fingerprint density at radius 1 is 1.33 bits per heavy atom. The summed E-state index contributed by atoms with van der Waals surface area (Å²) in [5.41, 5.74) is 6.97. The molecule has 0 aromatic heterocycles. The predicted octanol–water partition coefficient (Wildman–Crippen LogP) is 3.20. The minimum Gasteiger partial charge on any atom is -0.494 e. The summed E-state index contributed by atoms with van der Waals surface area (Å²) in [4.78, 5) is 11.1. The third-order valence-corrected chi connectivity index (χ3v) is 3.32. The first kappa shape index (κ1) is 15.1. The molecule has 0 fully saturated rings. The smallest absolute Gasteiger partial charge is 0.248 e. The Morgan fingerprint density at radius 3 is 2.71 bits per heavy atom. The van der Waals surface area contributed by atoms with Crippen LogP contribution in [-0.2, 0) is 6.54 Å². The van der Waals surface area contributed by atoms with Gasteiger partial charge in [-0.1, -0.05) is 17.7 Å². The zero-order valence-corrected chi connectivity index (χ0v) is 12.1. The van der Waals surface area contributed by atoms with Crippen molar-refractivity contribution in [3.8, 4) is 5.75 Å². The number of benzene rings is 2. The molecule has 0 aliphatic heterocycles. The van der Waals surface area contributed by atoms with Crippen LogP contribution in [0.1, 0.15) is 15.9 Å². The van der Waals surface area contributed by atoms with Gasteiger partial charge in [-0.15, -0.1) is 0 Å². The van der Waals surface area contributed by atoms with E-state index < -0.39 is 5.91 Å². The van der Waals surface area contributed by atoms with E-state index in [4.69, 9.17) is 22.1 Å². The SMILES string of the molecule is COc1cc(F)ccc1NCc1ccc(C(N)=O)cc1Cl. The van der Waals surface area contributed by atoms with E-state index in [2.05, 4.69) is 5.32 Å². The summed E-state index contributed by atoms with van der Waals surface area (Å²) < 4.78 is 18.2. The van der Waals surface area contributed by atoms with E-state index in [1.807, 2.05) is 0 Å². The van der Waals surface area contributed by atoms with Crippen LogP contribution in [-0.4, -0.2) is 13.0 Å². The lowest BCUT2D eigenvalue weighted by Gasteiger charge is -2.12. The van der Waals surface area contributed by atoms with Crippen molar-refractivity contribution in [1.29, 1.82) is 0 Å². The van der Waals surface area contributed by atoms with Gasteiger partial charge in [0.15, 0.2) is 0 Å². The molecule has 21 heavy (non-hydrogen) atoms. The van der Waals surface area contributed by atoms with Gasteiger partial charge in [-0.2, -0.15) is 0 Å². The number of carbonyl (C=O) groups is 1. The van der Waals surface area contributed by atoms with Crippen LogP contribution in [0.4, 0.5) is 10.1 Å². The first-order valence-electron chi connectivity index (χ1n) is 6.17. The minimum atomic E-state index is -0.531. The zero-order chi connectivity index (χ0) is 15.4. The van der Waals surface area contributed by atoms with Crippen molar-refractivity contribution in [1.82, 2.24) is 0 Å². The number of primary amides is 1. The number of rotatable bonds is 5. The summed E-state index contributed by atoms with van der Waals surface area (Å²) in [7, 11) is 1.47. The Labute approximate surface area is 126 Å². The third kappa shape index (κ3) is 3.64. The lowest BCUT2D eigenvalue weighted by molar-refractivity contribution is 0.100. The van der Waals surface area contributed by atoms with Crippen LogP contribution in [0.25, 0.3) is 0 Å².